The minimum absolute atomic E-state index is 0.0665. The summed E-state index contributed by atoms with van der Waals surface area (Å²) in [6.07, 6.45) is 0.469. The van der Waals surface area contributed by atoms with Gasteiger partial charge in [-0.25, -0.2) is 0 Å². The van der Waals surface area contributed by atoms with Crippen LogP contribution in [-0.4, -0.2) is 36.2 Å². The van der Waals surface area contributed by atoms with E-state index in [9.17, 15) is 9.59 Å². The molecule has 0 aliphatic carbocycles. The van der Waals surface area contributed by atoms with Crippen molar-refractivity contribution < 1.29 is 19.1 Å². The molecule has 2 aliphatic heterocycles. The number of amides is 2. The van der Waals surface area contributed by atoms with Crippen LogP contribution in [0.5, 0.6) is 11.5 Å². The number of fused-ring (bicyclic) bond motifs is 1. The second-order valence-electron chi connectivity index (χ2n) is 4.85. The van der Waals surface area contributed by atoms with Gasteiger partial charge < -0.3 is 20.1 Å². The molecule has 1 aromatic carbocycles. The molecule has 2 aliphatic rings. The van der Waals surface area contributed by atoms with Crippen LogP contribution in [-0.2, 0) is 16.1 Å². The molecule has 1 saturated heterocycles. The van der Waals surface area contributed by atoms with Gasteiger partial charge in [0.1, 0.15) is 6.04 Å². The normalized spacial score (nSPS) is 20.6. The first-order valence-corrected chi connectivity index (χ1v) is 7.91. The molecule has 1 atom stereocenters. The number of benzene rings is 1. The van der Waals surface area contributed by atoms with E-state index in [1.807, 2.05) is 18.2 Å². The molecule has 2 N–H and O–H groups in total. The van der Waals surface area contributed by atoms with Gasteiger partial charge in [0.05, 0.1) is 0 Å². The summed E-state index contributed by atoms with van der Waals surface area (Å²) < 4.78 is 10.5. The number of carbonyl (C=O) groups is 2. The second kappa shape index (κ2) is 6.26. The van der Waals surface area contributed by atoms with Crippen molar-refractivity contribution in [3.63, 3.8) is 0 Å². The van der Waals surface area contributed by atoms with Gasteiger partial charge in [0, 0.05) is 24.5 Å². The van der Waals surface area contributed by atoms with Crippen molar-refractivity contribution in [2.45, 2.75) is 19.0 Å². The first-order chi connectivity index (χ1) is 10.2. The Bertz CT molecular complexity index is 564. The highest BCUT2D eigenvalue weighted by molar-refractivity contribution is 7.99. The van der Waals surface area contributed by atoms with E-state index in [4.69, 9.17) is 9.47 Å². The second-order valence-corrected chi connectivity index (χ2v) is 6.00. The fourth-order valence-electron chi connectivity index (χ4n) is 2.18. The van der Waals surface area contributed by atoms with Gasteiger partial charge in [-0.05, 0) is 17.7 Å². The largest absolute Gasteiger partial charge is 0.454 e. The predicted octanol–water partition coefficient (Wildman–Crippen LogP) is 0.653. The average Bonchev–Trinajstić information content (AvgIpc) is 2.84. The molecule has 7 heteroatoms. The van der Waals surface area contributed by atoms with Gasteiger partial charge in [-0.15, -0.1) is 0 Å². The molecule has 0 bridgehead atoms. The highest BCUT2D eigenvalue weighted by atomic mass is 32.2. The van der Waals surface area contributed by atoms with Gasteiger partial charge in [0.15, 0.2) is 11.5 Å². The van der Waals surface area contributed by atoms with Crippen LogP contribution in [0.4, 0.5) is 0 Å². The van der Waals surface area contributed by atoms with Crippen LogP contribution in [0.15, 0.2) is 18.2 Å². The van der Waals surface area contributed by atoms with Crippen molar-refractivity contribution in [3.8, 4) is 11.5 Å². The number of ether oxygens (including phenoxy) is 2. The maximum absolute atomic E-state index is 12.1. The zero-order chi connectivity index (χ0) is 14.7. The van der Waals surface area contributed by atoms with E-state index < -0.39 is 6.04 Å². The highest BCUT2D eigenvalue weighted by Gasteiger charge is 2.23. The molecular formula is C14H16N2O4S. The number of thioether (sulfide) groups is 1. The molecule has 112 valence electrons. The zero-order valence-electron chi connectivity index (χ0n) is 11.4. The van der Waals surface area contributed by atoms with Gasteiger partial charge in [-0.1, -0.05) is 6.07 Å². The minimum atomic E-state index is -0.459. The standard InChI is InChI=1S/C14H16N2O4S/c17-13-3-4-21-7-10(16-13)14(18)15-6-9-1-2-11-12(5-9)20-8-19-11/h1-2,5,10H,3-4,6-8H2,(H,15,18)(H,16,17). The molecule has 0 spiro atoms. The van der Waals surface area contributed by atoms with Crippen LogP contribution >= 0.6 is 11.8 Å². The van der Waals surface area contributed by atoms with Crippen LogP contribution in [0, 0.1) is 0 Å². The zero-order valence-corrected chi connectivity index (χ0v) is 12.2. The summed E-state index contributed by atoms with van der Waals surface area (Å²) >= 11 is 1.61. The van der Waals surface area contributed by atoms with Gasteiger partial charge in [0.2, 0.25) is 18.6 Å². The number of hydrogen-bond acceptors (Lipinski definition) is 5. The van der Waals surface area contributed by atoms with Crippen molar-refractivity contribution in [2.75, 3.05) is 18.3 Å². The van der Waals surface area contributed by atoms with Crippen molar-refractivity contribution in [1.82, 2.24) is 10.6 Å². The monoisotopic (exact) mass is 308 g/mol. The van der Waals surface area contributed by atoms with Crippen molar-refractivity contribution in [1.29, 1.82) is 0 Å². The average molecular weight is 308 g/mol. The lowest BCUT2D eigenvalue weighted by Gasteiger charge is -2.15. The third kappa shape index (κ3) is 3.41. The van der Waals surface area contributed by atoms with Crippen molar-refractivity contribution in [2.24, 2.45) is 0 Å². The first-order valence-electron chi connectivity index (χ1n) is 6.76. The quantitative estimate of drug-likeness (QED) is 0.857. The Kier molecular flexibility index (Phi) is 4.19. The lowest BCUT2D eigenvalue weighted by molar-refractivity contribution is -0.128. The molecule has 2 amide bonds. The number of carbonyl (C=O) groups excluding carboxylic acids is 2. The number of rotatable bonds is 3. The van der Waals surface area contributed by atoms with Crippen molar-refractivity contribution in [3.05, 3.63) is 23.8 Å². The Hall–Kier alpha value is -1.89. The minimum Gasteiger partial charge on any atom is -0.454 e. The topological polar surface area (TPSA) is 76.7 Å². The van der Waals surface area contributed by atoms with E-state index in [2.05, 4.69) is 10.6 Å². The number of nitrogens with one attached hydrogen (secondary N) is 2. The van der Waals surface area contributed by atoms with E-state index in [0.717, 1.165) is 17.1 Å². The molecule has 21 heavy (non-hydrogen) atoms. The van der Waals surface area contributed by atoms with E-state index in [0.29, 0.717) is 24.5 Å². The lowest BCUT2D eigenvalue weighted by atomic mass is 10.2. The first kappa shape index (κ1) is 14.1. The summed E-state index contributed by atoms with van der Waals surface area (Å²) in [5.41, 5.74) is 0.931. The van der Waals surface area contributed by atoms with Crippen LogP contribution in [0.3, 0.4) is 0 Å². The van der Waals surface area contributed by atoms with Crippen LogP contribution < -0.4 is 20.1 Å². The fourth-order valence-corrected chi connectivity index (χ4v) is 3.15. The predicted molar refractivity (Wildman–Crippen MR) is 78.3 cm³/mol. The molecule has 1 aromatic rings. The highest BCUT2D eigenvalue weighted by Crippen LogP contribution is 2.32. The molecular weight excluding hydrogens is 292 g/mol. The Balaban J connectivity index is 1.56. The summed E-state index contributed by atoms with van der Waals surface area (Å²) in [7, 11) is 0. The van der Waals surface area contributed by atoms with E-state index >= 15 is 0 Å². The Morgan fingerprint density at radius 3 is 3.14 bits per heavy atom. The maximum Gasteiger partial charge on any atom is 0.243 e. The van der Waals surface area contributed by atoms with Crippen molar-refractivity contribution >= 4 is 23.6 Å². The number of hydrogen-bond donors (Lipinski definition) is 2. The van der Waals surface area contributed by atoms with E-state index in [1.165, 1.54) is 0 Å². The SMILES string of the molecule is O=C1CCSCC(C(=O)NCc2ccc3c(c2)OCO3)N1. The Morgan fingerprint density at radius 2 is 2.24 bits per heavy atom. The summed E-state index contributed by atoms with van der Waals surface area (Å²) in [6.45, 7) is 0.628. The van der Waals surface area contributed by atoms with Gasteiger partial charge in [-0.2, -0.15) is 11.8 Å². The molecule has 6 nitrogen and oxygen atoms in total. The molecule has 1 fully saturated rings. The summed E-state index contributed by atoms with van der Waals surface area (Å²) in [6, 6.07) is 5.10. The summed E-state index contributed by atoms with van der Waals surface area (Å²) in [5.74, 6) is 2.56. The summed E-state index contributed by atoms with van der Waals surface area (Å²) in [4.78, 5) is 23.6. The smallest absolute Gasteiger partial charge is 0.243 e. The molecule has 2 heterocycles. The molecule has 1 unspecified atom stereocenters. The van der Waals surface area contributed by atoms with Crippen LogP contribution in [0.25, 0.3) is 0 Å². The van der Waals surface area contributed by atoms with Gasteiger partial charge in [-0.3, -0.25) is 9.59 Å². The van der Waals surface area contributed by atoms with E-state index in [-0.39, 0.29) is 18.6 Å². The van der Waals surface area contributed by atoms with Gasteiger partial charge in [0.25, 0.3) is 0 Å². The third-order valence-corrected chi connectivity index (χ3v) is 4.38. The molecule has 3 rings (SSSR count). The Morgan fingerprint density at radius 1 is 1.38 bits per heavy atom. The van der Waals surface area contributed by atoms with Crippen LogP contribution in [0.1, 0.15) is 12.0 Å². The van der Waals surface area contributed by atoms with Gasteiger partial charge >= 0.3 is 0 Å². The third-order valence-electron chi connectivity index (χ3n) is 3.31. The molecule has 0 radical (unpaired) electrons. The maximum atomic E-state index is 12.1. The van der Waals surface area contributed by atoms with E-state index in [1.54, 1.807) is 11.8 Å². The Labute approximate surface area is 126 Å². The fraction of sp³-hybridized carbons (Fsp3) is 0.429. The summed E-state index contributed by atoms with van der Waals surface area (Å²) in [5, 5.41) is 5.58. The molecule has 0 aromatic heterocycles. The lowest BCUT2D eigenvalue weighted by Crippen LogP contribution is -2.47. The van der Waals surface area contributed by atoms with Crippen LogP contribution in [0.2, 0.25) is 0 Å². The molecule has 0 saturated carbocycles.